The highest BCUT2D eigenvalue weighted by molar-refractivity contribution is 6.31. The van der Waals surface area contributed by atoms with Crippen molar-refractivity contribution >= 4 is 11.6 Å². The summed E-state index contributed by atoms with van der Waals surface area (Å²) >= 11 is 6.52. The summed E-state index contributed by atoms with van der Waals surface area (Å²) in [4.78, 5) is 2.62. The molecule has 0 spiro atoms. The molecule has 1 aliphatic carbocycles. The molecule has 1 saturated heterocycles. The van der Waals surface area contributed by atoms with Gasteiger partial charge in [-0.15, -0.1) is 0 Å². The van der Waals surface area contributed by atoms with Gasteiger partial charge in [0, 0.05) is 32.2 Å². The van der Waals surface area contributed by atoms with E-state index in [1.165, 1.54) is 44.3 Å². The first kappa shape index (κ1) is 15.3. The molecule has 1 aromatic heterocycles. The van der Waals surface area contributed by atoms with E-state index >= 15 is 0 Å². The van der Waals surface area contributed by atoms with Gasteiger partial charge in [0.05, 0.1) is 16.4 Å². The molecule has 2 heterocycles. The number of hydrogen-bond acceptors (Lipinski definition) is 3. The molecule has 2 fully saturated rings. The topological polar surface area (TPSA) is 33.1 Å². The second-order valence-corrected chi connectivity index (χ2v) is 6.87. The summed E-state index contributed by atoms with van der Waals surface area (Å²) < 4.78 is 1.98. The lowest BCUT2D eigenvalue weighted by Gasteiger charge is -2.30. The molecule has 3 rings (SSSR count). The van der Waals surface area contributed by atoms with Crippen molar-refractivity contribution in [3.05, 3.63) is 16.4 Å². The quantitative estimate of drug-likeness (QED) is 0.877. The van der Waals surface area contributed by atoms with Crippen LogP contribution in [0.1, 0.15) is 50.4 Å². The van der Waals surface area contributed by atoms with E-state index in [-0.39, 0.29) is 0 Å². The maximum absolute atomic E-state index is 6.52. The third-order valence-corrected chi connectivity index (χ3v) is 5.22. The monoisotopic (exact) mass is 310 g/mol. The van der Waals surface area contributed by atoms with E-state index in [1.54, 1.807) is 0 Å². The van der Waals surface area contributed by atoms with Crippen LogP contribution in [-0.2, 0) is 20.0 Å². The highest BCUT2D eigenvalue weighted by Crippen LogP contribution is 2.31. The van der Waals surface area contributed by atoms with Crippen molar-refractivity contribution in [2.75, 3.05) is 13.1 Å². The van der Waals surface area contributed by atoms with Crippen LogP contribution in [0.25, 0.3) is 0 Å². The van der Waals surface area contributed by atoms with Crippen LogP contribution < -0.4 is 5.32 Å². The minimum atomic E-state index is 0.650. The number of piperidine rings is 1. The van der Waals surface area contributed by atoms with E-state index in [9.17, 15) is 0 Å². The zero-order valence-electron chi connectivity index (χ0n) is 13.2. The Bertz CT molecular complexity index is 475. The third-order valence-electron chi connectivity index (χ3n) is 4.79. The summed E-state index contributed by atoms with van der Waals surface area (Å²) in [6.07, 6.45) is 7.57. The number of aromatic nitrogens is 2. The van der Waals surface area contributed by atoms with Crippen LogP contribution in [0.4, 0.5) is 0 Å². The van der Waals surface area contributed by atoms with E-state index in [2.05, 4.69) is 22.2 Å². The molecule has 21 heavy (non-hydrogen) atoms. The van der Waals surface area contributed by atoms with Gasteiger partial charge in [0.1, 0.15) is 0 Å². The molecule has 1 atom stereocenters. The smallest absolute Gasteiger partial charge is 0.0863 e. The summed E-state index contributed by atoms with van der Waals surface area (Å²) in [5.74, 6) is 0. The molecule has 0 amide bonds. The molecule has 0 bridgehead atoms. The van der Waals surface area contributed by atoms with Crippen molar-refractivity contribution in [2.45, 2.75) is 64.1 Å². The zero-order valence-corrected chi connectivity index (χ0v) is 14.0. The highest BCUT2D eigenvalue weighted by atomic mass is 35.5. The largest absolute Gasteiger partial charge is 0.313 e. The second kappa shape index (κ2) is 6.67. The predicted octanol–water partition coefficient (Wildman–Crippen LogP) is 2.74. The molecule has 0 aromatic carbocycles. The van der Waals surface area contributed by atoms with Crippen molar-refractivity contribution in [2.24, 2.45) is 7.05 Å². The minimum absolute atomic E-state index is 0.650. The van der Waals surface area contributed by atoms with Crippen LogP contribution in [0, 0.1) is 0 Å². The second-order valence-electron chi connectivity index (χ2n) is 6.49. The first-order valence-corrected chi connectivity index (χ1v) is 8.74. The molecule has 1 aromatic rings. The third kappa shape index (κ3) is 3.61. The van der Waals surface area contributed by atoms with Gasteiger partial charge in [0.15, 0.2) is 0 Å². The molecular weight excluding hydrogens is 284 g/mol. The molecule has 5 heteroatoms. The summed E-state index contributed by atoms with van der Waals surface area (Å²) in [5.41, 5.74) is 2.21. The van der Waals surface area contributed by atoms with Crippen LogP contribution in [0.3, 0.4) is 0 Å². The first-order chi connectivity index (χ1) is 10.2. The van der Waals surface area contributed by atoms with Crippen molar-refractivity contribution in [1.29, 1.82) is 0 Å². The molecule has 0 radical (unpaired) electrons. The molecule has 4 nitrogen and oxygen atoms in total. The van der Waals surface area contributed by atoms with Crippen LogP contribution in [0.5, 0.6) is 0 Å². The van der Waals surface area contributed by atoms with E-state index in [1.807, 2.05) is 11.7 Å². The Kier molecular flexibility index (Phi) is 4.87. The molecule has 1 unspecified atom stereocenters. The Morgan fingerprint density at radius 2 is 2.14 bits per heavy atom. The summed E-state index contributed by atoms with van der Waals surface area (Å²) in [6.45, 7) is 5.37. The lowest BCUT2D eigenvalue weighted by atomic mass is 10.0. The van der Waals surface area contributed by atoms with Gasteiger partial charge in [-0.25, -0.2) is 0 Å². The van der Waals surface area contributed by atoms with Crippen molar-refractivity contribution in [3.63, 3.8) is 0 Å². The van der Waals surface area contributed by atoms with Gasteiger partial charge in [-0.05, 0) is 38.6 Å². The molecule has 1 N–H and O–H groups in total. The fraction of sp³-hybridized carbons (Fsp3) is 0.812. The van der Waals surface area contributed by atoms with Crippen molar-refractivity contribution < 1.29 is 0 Å². The Labute approximate surface area is 132 Å². The Balaban J connectivity index is 1.68. The number of rotatable bonds is 6. The van der Waals surface area contributed by atoms with Crippen LogP contribution in [-0.4, -0.2) is 39.9 Å². The summed E-state index contributed by atoms with van der Waals surface area (Å²) in [5, 5.41) is 9.09. The van der Waals surface area contributed by atoms with E-state index < -0.39 is 0 Å². The average molecular weight is 311 g/mol. The Morgan fingerprint density at radius 1 is 1.33 bits per heavy atom. The summed E-state index contributed by atoms with van der Waals surface area (Å²) in [7, 11) is 2.02. The maximum Gasteiger partial charge on any atom is 0.0863 e. The van der Waals surface area contributed by atoms with Gasteiger partial charge in [-0.2, -0.15) is 5.10 Å². The number of nitrogens with one attached hydrogen (secondary N) is 1. The van der Waals surface area contributed by atoms with E-state index in [0.29, 0.717) is 6.04 Å². The highest BCUT2D eigenvalue weighted by Gasteiger charge is 2.32. The average Bonchev–Trinajstić information content (AvgIpc) is 3.30. The van der Waals surface area contributed by atoms with Gasteiger partial charge in [0.2, 0.25) is 0 Å². The number of halogens is 1. The van der Waals surface area contributed by atoms with Gasteiger partial charge < -0.3 is 5.32 Å². The van der Waals surface area contributed by atoms with Crippen LogP contribution in [0.15, 0.2) is 0 Å². The first-order valence-electron chi connectivity index (χ1n) is 8.36. The van der Waals surface area contributed by atoms with Gasteiger partial charge in [-0.3, -0.25) is 9.58 Å². The van der Waals surface area contributed by atoms with E-state index in [4.69, 9.17) is 11.6 Å². The van der Waals surface area contributed by atoms with Crippen molar-refractivity contribution in [1.82, 2.24) is 20.0 Å². The molecule has 2 aliphatic rings. The lowest BCUT2D eigenvalue weighted by molar-refractivity contribution is 0.204. The van der Waals surface area contributed by atoms with Gasteiger partial charge in [-0.1, -0.05) is 24.9 Å². The molecular formula is C16H27ClN4. The fourth-order valence-electron chi connectivity index (χ4n) is 3.33. The van der Waals surface area contributed by atoms with Crippen LogP contribution in [0.2, 0.25) is 5.02 Å². The lowest BCUT2D eigenvalue weighted by Crippen LogP contribution is -2.44. The summed E-state index contributed by atoms with van der Waals surface area (Å²) in [6, 6.07) is 1.40. The van der Waals surface area contributed by atoms with Crippen molar-refractivity contribution in [3.8, 4) is 0 Å². The SMILES string of the molecule is CCc1nn(C)c(CN(CC2CCCCN2)C2CC2)c1Cl. The number of aryl methyl sites for hydroxylation is 2. The predicted molar refractivity (Wildman–Crippen MR) is 86.7 cm³/mol. The normalized spacial score (nSPS) is 23.0. The standard InChI is InChI=1S/C16H27ClN4/c1-3-14-16(17)15(20(2)19-14)11-21(13-7-8-13)10-12-6-4-5-9-18-12/h12-13,18H,3-11H2,1-2H3. The van der Waals surface area contributed by atoms with Gasteiger partial charge >= 0.3 is 0 Å². The van der Waals surface area contributed by atoms with E-state index in [0.717, 1.165) is 36.3 Å². The molecule has 1 saturated carbocycles. The fourth-order valence-corrected chi connectivity index (χ4v) is 3.68. The maximum atomic E-state index is 6.52. The number of nitrogens with zero attached hydrogens (tertiary/aromatic N) is 3. The number of hydrogen-bond donors (Lipinski definition) is 1. The van der Waals surface area contributed by atoms with Crippen LogP contribution >= 0.6 is 11.6 Å². The molecule has 1 aliphatic heterocycles. The van der Waals surface area contributed by atoms with Gasteiger partial charge in [0.25, 0.3) is 0 Å². The minimum Gasteiger partial charge on any atom is -0.313 e. The molecule has 118 valence electrons. The zero-order chi connectivity index (χ0) is 14.8. The Hall–Kier alpha value is -0.580. The Morgan fingerprint density at radius 3 is 2.71 bits per heavy atom.